The lowest BCUT2D eigenvalue weighted by atomic mass is 9.85. The number of Topliss-reactive ketones (excluding diaryl/α,β-unsaturated/α-hetero) is 1. The molecular formula is C15H22O3. The first-order valence-corrected chi connectivity index (χ1v) is 6.52. The van der Waals surface area contributed by atoms with Crippen LogP contribution in [0, 0.1) is 5.92 Å². The van der Waals surface area contributed by atoms with E-state index in [4.69, 9.17) is 0 Å². The number of hydrogen-bond donors (Lipinski definition) is 2. The second-order valence-electron chi connectivity index (χ2n) is 6.29. The molecule has 0 saturated carbocycles. The van der Waals surface area contributed by atoms with Crippen molar-refractivity contribution in [2.24, 2.45) is 5.92 Å². The Hall–Kier alpha value is -0.930. The zero-order chi connectivity index (χ0) is 13.7. The Labute approximate surface area is 108 Å². The quantitative estimate of drug-likeness (QED) is 0.701. The van der Waals surface area contributed by atoms with E-state index in [1.807, 2.05) is 6.92 Å². The number of ketones is 1. The topological polar surface area (TPSA) is 57.5 Å². The first-order chi connectivity index (χ1) is 8.15. The van der Waals surface area contributed by atoms with E-state index in [1.165, 1.54) is 0 Å². The average molecular weight is 250 g/mol. The molecule has 18 heavy (non-hydrogen) atoms. The zero-order valence-electron chi connectivity index (χ0n) is 11.4. The fourth-order valence-electron chi connectivity index (χ4n) is 3.24. The molecule has 0 fully saturated rings. The molecule has 0 aromatic carbocycles. The van der Waals surface area contributed by atoms with Crippen molar-refractivity contribution in [2.45, 2.75) is 57.7 Å². The lowest BCUT2D eigenvalue weighted by Crippen LogP contribution is -2.30. The van der Waals surface area contributed by atoms with Gasteiger partial charge in [-0.25, -0.2) is 0 Å². The molecule has 0 heterocycles. The van der Waals surface area contributed by atoms with Crippen molar-refractivity contribution < 1.29 is 15.0 Å². The minimum Gasteiger partial charge on any atom is -0.385 e. The van der Waals surface area contributed by atoms with Crippen molar-refractivity contribution in [3.63, 3.8) is 0 Å². The van der Waals surface area contributed by atoms with Crippen LogP contribution in [0.25, 0.3) is 0 Å². The van der Waals surface area contributed by atoms with Gasteiger partial charge in [0.05, 0.1) is 11.2 Å². The number of carbonyl (C=O) groups is 1. The smallest absolute Gasteiger partial charge is 0.165 e. The average Bonchev–Trinajstić information content (AvgIpc) is 2.35. The highest BCUT2D eigenvalue weighted by Crippen LogP contribution is 2.47. The van der Waals surface area contributed by atoms with Crippen molar-refractivity contribution in [1.82, 2.24) is 0 Å². The van der Waals surface area contributed by atoms with Crippen LogP contribution in [0.3, 0.4) is 0 Å². The van der Waals surface area contributed by atoms with E-state index in [0.717, 1.165) is 17.6 Å². The molecule has 0 saturated heterocycles. The molecule has 0 unspecified atom stereocenters. The fraction of sp³-hybridized carbons (Fsp3) is 0.667. The summed E-state index contributed by atoms with van der Waals surface area (Å²) in [6.45, 7) is 9.30. The van der Waals surface area contributed by atoms with E-state index in [2.05, 4.69) is 6.58 Å². The molecule has 3 heteroatoms. The number of allylic oxidation sites excluding steroid dienone is 1. The van der Waals surface area contributed by atoms with E-state index in [9.17, 15) is 15.0 Å². The van der Waals surface area contributed by atoms with Crippen LogP contribution in [-0.4, -0.2) is 27.2 Å². The van der Waals surface area contributed by atoms with Gasteiger partial charge < -0.3 is 10.2 Å². The lowest BCUT2D eigenvalue weighted by molar-refractivity contribution is -0.118. The number of aliphatic hydroxyl groups is 2. The van der Waals surface area contributed by atoms with Crippen molar-refractivity contribution in [2.75, 3.05) is 0 Å². The summed E-state index contributed by atoms with van der Waals surface area (Å²) < 4.78 is 0. The standard InChI is InChI=1S/C15H22O3/c1-9(2)10-5-6-14(3,17)13-11(7-10)15(4,18)8-12(13)16/h10,17-18H,1,5-8H2,2-4H3/t10-,14+,15+/m1/s1. The van der Waals surface area contributed by atoms with Crippen molar-refractivity contribution in [3.8, 4) is 0 Å². The van der Waals surface area contributed by atoms with Gasteiger partial charge in [-0.15, -0.1) is 0 Å². The van der Waals surface area contributed by atoms with E-state index in [-0.39, 0.29) is 18.1 Å². The lowest BCUT2D eigenvalue weighted by Gasteiger charge is -2.24. The van der Waals surface area contributed by atoms with E-state index in [0.29, 0.717) is 18.4 Å². The molecule has 0 aromatic rings. The molecule has 2 N–H and O–H groups in total. The van der Waals surface area contributed by atoms with Crippen LogP contribution in [0.4, 0.5) is 0 Å². The Kier molecular flexibility index (Phi) is 3.03. The van der Waals surface area contributed by atoms with Gasteiger partial charge >= 0.3 is 0 Å². The van der Waals surface area contributed by atoms with Gasteiger partial charge in [-0.1, -0.05) is 12.2 Å². The van der Waals surface area contributed by atoms with Gasteiger partial charge in [0, 0.05) is 12.0 Å². The maximum Gasteiger partial charge on any atom is 0.165 e. The highest BCUT2D eigenvalue weighted by molar-refractivity contribution is 6.02. The molecule has 0 radical (unpaired) electrons. The van der Waals surface area contributed by atoms with Crippen LogP contribution in [0.1, 0.15) is 46.5 Å². The summed E-state index contributed by atoms with van der Waals surface area (Å²) in [4.78, 5) is 12.1. The van der Waals surface area contributed by atoms with E-state index < -0.39 is 11.2 Å². The van der Waals surface area contributed by atoms with E-state index in [1.54, 1.807) is 13.8 Å². The first kappa shape index (κ1) is 13.5. The Morgan fingerprint density at radius 2 is 1.94 bits per heavy atom. The summed E-state index contributed by atoms with van der Waals surface area (Å²) in [6, 6.07) is 0. The molecular weight excluding hydrogens is 228 g/mol. The number of hydrogen-bond acceptors (Lipinski definition) is 3. The van der Waals surface area contributed by atoms with Gasteiger partial charge in [0.2, 0.25) is 0 Å². The number of rotatable bonds is 1. The van der Waals surface area contributed by atoms with Crippen molar-refractivity contribution in [3.05, 3.63) is 23.3 Å². The van der Waals surface area contributed by atoms with Gasteiger partial charge in [0.25, 0.3) is 0 Å². The predicted molar refractivity (Wildman–Crippen MR) is 70.1 cm³/mol. The third-order valence-electron chi connectivity index (χ3n) is 4.40. The van der Waals surface area contributed by atoms with Gasteiger partial charge in [-0.3, -0.25) is 4.79 Å². The van der Waals surface area contributed by atoms with Crippen LogP contribution in [0.15, 0.2) is 23.3 Å². The Morgan fingerprint density at radius 1 is 1.33 bits per heavy atom. The summed E-state index contributed by atoms with van der Waals surface area (Å²) in [5, 5.41) is 20.9. The van der Waals surface area contributed by atoms with Gasteiger partial charge in [-0.05, 0) is 51.5 Å². The van der Waals surface area contributed by atoms with Crippen molar-refractivity contribution in [1.29, 1.82) is 0 Å². The second kappa shape index (κ2) is 4.04. The Bertz CT molecular complexity index is 441. The minimum absolute atomic E-state index is 0.0940. The maximum absolute atomic E-state index is 12.1. The molecule has 100 valence electrons. The third-order valence-corrected chi connectivity index (χ3v) is 4.40. The largest absolute Gasteiger partial charge is 0.385 e. The zero-order valence-corrected chi connectivity index (χ0v) is 11.4. The predicted octanol–water partition coefficient (Wildman–Crippen LogP) is 2.13. The normalized spacial score (nSPS) is 40.7. The van der Waals surface area contributed by atoms with Gasteiger partial charge in [-0.2, -0.15) is 0 Å². The highest BCUT2D eigenvalue weighted by Gasteiger charge is 2.48. The molecule has 3 atom stereocenters. The van der Waals surface area contributed by atoms with Crippen LogP contribution < -0.4 is 0 Å². The molecule has 2 aliphatic carbocycles. The SMILES string of the molecule is C=C(C)[C@@H]1CC[C@](C)(O)C2=C(C1)[C@@](C)(O)CC2=O. The molecule has 2 aliphatic rings. The maximum atomic E-state index is 12.1. The second-order valence-corrected chi connectivity index (χ2v) is 6.29. The molecule has 0 spiro atoms. The van der Waals surface area contributed by atoms with Crippen molar-refractivity contribution >= 4 is 5.78 Å². The number of carbonyl (C=O) groups excluding carboxylic acids is 1. The molecule has 3 nitrogen and oxygen atoms in total. The monoisotopic (exact) mass is 250 g/mol. The molecule has 0 aromatic heterocycles. The Balaban J connectivity index is 2.51. The molecule has 0 amide bonds. The first-order valence-electron chi connectivity index (χ1n) is 6.52. The molecule has 0 bridgehead atoms. The molecule has 2 rings (SSSR count). The van der Waals surface area contributed by atoms with Gasteiger partial charge in [0.15, 0.2) is 5.78 Å². The summed E-state index contributed by atoms with van der Waals surface area (Å²) >= 11 is 0. The third kappa shape index (κ3) is 2.06. The summed E-state index contributed by atoms with van der Waals surface area (Å²) in [5.74, 6) is 0.128. The highest BCUT2D eigenvalue weighted by atomic mass is 16.3. The van der Waals surface area contributed by atoms with Crippen LogP contribution >= 0.6 is 0 Å². The summed E-state index contributed by atoms with van der Waals surface area (Å²) in [7, 11) is 0. The molecule has 0 aliphatic heterocycles. The Morgan fingerprint density at radius 3 is 2.50 bits per heavy atom. The van der Waals surface area contributed by atoms with Gasteiger partial charge in [0.1, 0.15) is 0 Å². The summed E-state index contributed by atoms with van der Waals surface area (Å²) in [6.07, 6.45) is 2.08. The van der Waals surface area contributed by atoms with Crippen LogP contribution in [0.2, 0.25) is 0 Å². The van der Waals surface area contributed by atoms with Crippen LogP contribution in [-0.2, 0) is 4.79 Å². The van der Waals surface area contributed by atoms with E-state index >= 15 is 0 Å². The fourth-order valence-corrected chi connectivity index (χ4v) is 3.24. The van der Waals surface area contributed by atoms with Crippen LogP contribution in [0.5, 0.6) is 0 Å². The minimum atomic E-state index is -1.11. The summed E-state index contributed by atoms with van der Waals surface area (Å²) in [5.41, 5.74) is 0.0138.